The molecule has 0 bridgehead atoms. The highest BCUT2D eigenvalue weighted by Crippen LogP contribution is 2.32. The first-order chi connectivity index (χ1) is 20.8. The number of nitrogens with zero attached hydrogens (tertiary/aromatic N) is 2. The second-order valence-electron chi connectivity index (χ2n) is 10.7. The third-order valence-electron chi connectivity index (χ3n) is 7.63. The summed E-state index contributed by atoms with van der Waals surface area (Å²) < 4.78 is 28.7. The molecule has 9 heteroatoms. The van der Waals surface area contributed by atoms with Gasteiger partial charge in [-0.3, -0.25) is 4.79 Å². The van der Waals surface area contributed by atoms with Gasteiger partial charge in [-0.05, 0) is 47.9 Å². The number of likely N-dealkylation sites (N-methyl/N-ethyl adjacent to an activating group) is 1. The Morgan fingerprint density at radius 2 is 1.44 bits per heavy atom. The maximum Gasteiger partial charge on any atom is 0.249 e. The van der Waals surface area contributed by atoms with Gasteiger partial charge in [-0.2, -0.15) is 4.31 Å². The molecule has 0 saturated carbocycles. The van der Waals surface area contributed by atoms with E-state index in [0.29, 0.717) is 25.3 Å². The number of nitrogens with one attached hydrogen (secondary N) is 1. The number of hydrogen-bond donors (Lipinski definition) is 2. The van der Waals surface area contributed by atoms with Gasteiger partial charge < -0.3 is 15.3 Å². The van der Waals surface area contributed by atoms with Crippen molar-refractivity contribution in [3.05, 3.63) is 126 Å². The van der Waals surface area contributed by atoms with Gasteiger partial charge in [0.1, 0.15) is 5.37 Å². The van der Waals surface area contributed by atoms with Crippen LogP contribution in [0.1, 0.15) is 29.7 Å². The zero-order valence-electron chi connectivity index (χ0n) is 24.1. The van der Waals surface area contributed by atoms with E-state index < -0.39 is 21.5 Å². The van der Waals surface area contributed by atoms with E-state index >= 15 is 0 Å². The second-order valence-corrected chi connectivity index (χ2v) is 13.8. The minimum Gasteiger partial charge on any atom is -0.387 e. The Balaban J connectivity index is 1.26. The van der Waals surface area contributed by atoms with Gasteiger partial charge in [-0.25, -0.2) is 8.42 Å². The fourth-order valence-corrected chi connectivity index (χ4v) is 8.34. The van der Waals surface area contributed by atoms with Gasteiger partial charge >= 0.3 is 0 Å². The largest absolute Gasteiger partial charge is 0.387 e. The number of hydrogen-bond acceptors (Lipinski definition) is 6. The van der Waals surface area contributed by atoms with Crippen molar-refractivity contribution in [3.8, 4) is 11.1 Å². The van der Waals surface area contributed by atoms with Gasteiger partial charge in [0.15, 0.2) is 0 Å². The number of sulfonamides is 1. The van der Waals surface area contributed by atoms with Crippen molar-refractivity contribution in [2.45, 2.75) is 28.8 Å². The van der Waals surface area contributed by atoms with Crippen LogP contribution in [0.5, 0.6) is 0 Å². The number of rotatable bonds is 12. The summed E-state index contributed by atoms with van der Waals surface area (Å²) in [5.41, 5.74) is 3.74. The lowest BCUT2D eigenvalue weighted by Gasteiger charge is -2.27. The number of carbonyl (C=O) groups is 1. The highest BCUT2D eigenvalue weighted by atomic mass is 32.2. The molecule has 7 nitrogen and oxygen atoms in total. The van der Waals surface area contributed by atoms with Crippen LogP contribution in [0.4, 0.5) is 0 Å². The van der Waals surface area contributed by atoms with Crippen molar-refractivity contribution in [2.24, 2.45) is 0 Å². The Hall–Kier alpha value is -3.47. The van der Waals surface area contributed by atoms with Crippen molar-refractivity contribution < 1.29 is 18.3 Å². The van der Waals surface area contributed by atoms with Gasteiger partial charge in [0.2, 0.25) is 15.9 Å². The summed E-state index contributed by atoms with van der Waals surface area (Å²) in [6.45, 7) is 1.34. The van der Waals surface area contributed by atoms with Crippen LogP contribution in [-0.4, -0.2) is 66.4 Å². The Morgan fingerprint density at radius 3 is 2.07 bits per heavy atom. The first-order valence-corrected chi connectivity index (χ1v) is 16.9. The smallest absolute Gasteiger partial charge is 0.249 e. The van der Waals surface area contributed by atoms with Crippen LogP contribution in [-0.2, 0) is 14.8 Å². The SMILES string of the molecule is CN(CCC(NC(=O)C1SCCN1S(=O)(=O)c1ccc(-c2ccccc2)cc1)c1ccccc1)CC(O)c1ccccc1. The minimum atomic E-state index is -3.88. The van der Waals surface area contributed by atoms with Crippen LogP contribution in [0.15, 0.2) is 120 Å². The molecule has 1 aliphatic heterocycles. The van der Waals surface area contributed by atoms with Gasteiger partial charge in [-0.1, -0.05) is 103 Å². The predicted octanol–water partition coefficient (Wildman–Crippen LogP) is 5.33. The molecule has 1 fully saturated rings. The summed E-state index contributed by atoms with van der Waals surface area (Å²) in [5.74, 6) is 0.211. The lowest BCUT2D eigenvalue weighted by molar-refractivity contribution is -0.123. The molecule has 4 aromatic carbocycles. The maximum absolute atomic E-state index is 13.7. The normalized spacial score (nSPS) is 17.0. The number of carbonyl (C=O) groups excluding carboxylic acids is 1. The van der Waals surface area contributed by atoms with E-state index in [0.717, 1.165) is 22.3 Å². The molecule has 0 radical (unpaired) electrons. The minimum absolute atomic E-state index is 0.172. The average Bonchev–Trinajstić information content (AvgIpc) is 3.56. The molecular formula is C34H37N3O4S2. The number of benzene rings is 4. The third-order valence-corrected chi connectivity index (χ3v) is 10.8. The van der Waals surface area contributed by atoms with Crippen LogP contribution in [0.3, 0.4) is 0 Å². The van der Waals surface area contributed by atoms with E-state index in [4.69, 9.17) is 0 Å². The summed E-state index contributed by atoms with van der Waals surface area (Å²) in [5, 5.41) is 12.9. The summed E-state index contributed by atoms with van der Waals surface area (Å²) in [6, 6.07) is 35.6. The fourth-order valence-electron chi connectivity index (χ4n) is 5.26. The molecular weight excluding hydrogens is 579 g/mol. The van der Waals surface area contributed by atoms with Crippen LogP contribution >= 0.6 is 11.8 Å². The quantitative estimate of drug-likeness (QED) is 0.224. The summed E-state index contributed by atoms with van der Waals surface area (Å²) in [6.07, 6.45) is -0.0230. The highest BCUT2D eigenvalue weighted by Gasteiger charge is 2.40. The Morgan fingerprint density at radius 1 is 0.884 bits per heavy atom. The first-order valence-electron chi connectivity index (χ1n) is 14.4. The molecule has 1 saturated heterocycles. The molecule has 3 atom stereocenters. The summed E-state index contributed by atoms with van der Waals surface area (Å²) in [7, 11) is -1.94. The number of aliphatic hydroxyl groups excluding tert-OH is 1. The second kappa shape index (κ2) is 14.3. The number of thioether (sulfide) groups is 1. The molecule has 43 heavy (non-hydrogen) atoms. The van der Waals surface area contributed by atoms with Crippen molar-refractivity contribution >= 4 is 27.7 Å². The van der Waals surface area contributed by atoms with Crippen molar-refractivity contribution in [1.82, 2.24) is 14.5 Å². The van der Waals surface area contributed by atoms with E-state index in [1.165, 1.54) is 16.1 Å². The monoisotopic (exact) mass is 615 g/mol. The van der Waals surface area contributed by atoms with Gasteiger partial charge in [0.25, 0.3) is 0 Å². The maximum atomic E-state index is 13.7. The van der Waals surface area contributed by atoms with Crippen molar-refractivity contribution in [2.75, 3.05) is 32.4 Å². The molecule has 0 aromatic heterocycles. The van der Waals surface area contributed by atoms with Crippen molar-refractivity contribution in [1.29, 1.82) is 0 Å². The molecule has 3 unspecified atom stereocenters. The summed E-state index contributed by atoms with van der Waals surface area (Å²) in [4.78, 5) is 15.9. The predicted molar refractivity (Wildman–Crippen MR) is 173 cm³/mol. The van der Waals surface area contributed by atoms with E-state index in [-0.39, 0.29) is 23.4 Å². The lowest BCUT2D eigenvalue weighted by atomic mass is 10.0. The van der Waals surface area contributed by atoms with Gasteiger partial charge in [0, 0.05) is 25.4 Å². The van der Waals surface area contributed by atoms with E-state index in [1.54, 1.807) is 24.3 Å². The standard InChI is InChI=1S/C34H37N3O4S2/c1-36(25-32(38)29-15-9-4-10-16-29)22-21-31(28-13-7-3-8-14-28)35-33(39)34-37(23-24-42-34)43(40,41)30-19-17-27(18-20-30)26-11-5-2-6-12-26/h2-20,31-32,34,38H,21-25H2,1H3,(H,35,39). The molecule has 0 aliphatic carbocycles. The molecule has 1 amide bonds. The van der Waals surface area contributed by atoms with E-state index in [2.05, 4.69) is 5.32 Å². The molecule has 4 aromatic rings. The molecule has 224 valence electrons. The Labute approximate surface area is 258 Å². The molecule has 1 heterocycles. The van der Waals surface area contributed by atoms with Crippen LogP contribution in [0, 0.1) is 0 Å². The van der Waals surface area contributed by atoms with Crippen molar-refractivity contribution in [3.63, 3.8) is 0 Å². The first kappa shape index (κ1) is 31.0. The summed E-state index contributed by atoms with van der Waals surface area (Å²) >= 11 is 1.34. The fraction of sp³-hybridized carbons (Fsp3) is 0.265. The topological polar surface area (TPSA) is 90.0 Å². The Bertz CT molecular complexity index is 1570. The average molecular weight is 616 g/mol. The van der Waals surface area contributed by atoms with Gasteiger partial charge in [0.05, 0.1) is 17.0 Å². The molecule has 5 rings (SSSR count). The van der Waals surface area contributed by atoms with Crippen LogP contribution in [0.2, 0.25) is 0 Å². The highest BCUT2D eigenvalue weighted by molar-refractivity contribution is 8.02. The Kier molecular flexibility index (Phi) is 10.3. The van der Waals surface area contributed by atoms with Crippen LogP contribution in [0.25, 0.3) is 11.1 Å². The van der Waals surface area contributed by atoms with E-state index in [1.807, 2.05) is 103 Å². The zero-order valence-corrected chi connectivity index (χ0v) is 25.8. The zero-order chi connectivity index (χ0) is 30.2. The van der Waals surface area contributed by atoms with E-state index in [9.17, 15) is 18.3 Å². The van der Waals surface area contributed by atoms with Gasteiger partial charge in [-0.15, -0.1) is 11.8 Å². The lowest BCUT2D eigenvalue weighted by Crippen LogP contribution is -2.46. The molecule has 1 aliphatic rings. The van der Waals surface area contributed by atoms with Crippen LogP contribution < -0.4 is 5.32 Å². The number of aliphatic hydroxyl groups is 1. The number of amides is 1. The molecule has 0 spiro atoms. The molecule has 2 N–H and O–H groups in total. The third kappa shape index (κ3) is 7.74.